The molecule has 0 saturated carbocycles. The number of fused-ring (bicyclic) bond motifs is 1. The van der Waals surface area contributed by atoms with Crippen LogP contribution >= 0.6 is 0 Å². The van der Waals surface area contributed by atoms with Gasteiger partial charge in [0.2, 0.25) is 0 Å². The molecule has 3 aromatic rings. The Morgan fingerprint density at radius 1 is 1.33 bits per heavy atom. The molecule has 0 fully saturated rings. The van der Waals surface area contributed by atoms with Crippen LogP contribution in [0.5, 0.6) is 5.75 Å². The number of benzene rings is 1. The summed E-state index contributed by atoms with van der Waals surface area (Å²) < 4.78 is 10.4. The molecule has 0 unspecified atom stereocenters. The van der Waals surface area contributed by atoms with E-state index >= 15 is 0 Å². The zero-order valence-electron chi connectivity index (χ0n) is 15.9. The van der Waals surface area contributed by atoms with Gasteiger partial charge >= 0.3 is 0 Å². The summed E-state index contributed by atoms with van der Waals surface area (Å²) in [5, 5.41) is 7.65. The minimum absolute atomic E-state index is 0.0623. The molecule has 7 heteroatoms. The van der Waals surface area contributed by atoms with Crippen molar-refractivity contribution in [1.29, 1.82) is 0 Å². The molecule has 0 aliphatic rings. The zero-order chi connectivity index (χ0) is 19.6. The molecule has 1 aromatic carbocycles. The predicted molar refractivity (Wildman–Crippen MR) is 102 cm³/mol. The molecular formula is C20H23N3O4. The molecule has 0 spiro atoms. The number of nitrogens with zero attached hydrogens (tertiary/aromatic N) is 1. The molecule has 0 aliphatic carbocycles. The number of carbonyl (C=O) groups excluding carboxylic acids is 1. The highest BCUT2D eigenvalue weighted by atomic mass is 16.5. The second kappa shape index (κ2) is 7.65. The fraction of sp³-hybridized carbons (Fsp3) is 0.350. The first-order valence-corrected chi connectivity index (χ1v) is 8.85. The van der Waals surface area contributed by atoms with Gasteiger partial charge in [0.1, 0.15) is 11.3 Å². The third kappa shape index (κ3) is 3.86. The Morgan fingerprint density at radius 3 is 2.81 bits per heavy atom. The Labute approximate surface area is 156 Å². The number of aromatic amines is 1. The summed E-state index contributed by atoms with van der Waals surface area (Å²) in [6, 6.07) is 7.35. The van der Waals surface area contributed by atoms with Gasteiger partial charge in [-0.2, -0.15) is 0 Å². The first-order chi connectivity index (χ1) is 12.9. The molecular weight excluding hydrogens is 346 g/mol. The van der Waals surface area contributed by atoms with E-state index in [2.05, 4.69) is 15.5 Å². The number of H-pyrrole nitrogens is 1. The van der Waals surface area contributed by atoms with Crippen LogP contribution in [0.2, 0.25) is 0 Å². The topological polar surface area (TPSA) is 97.2 Å². The van der Waals surface area contributed by atoms with E-state index in [0.717, 1.165) is 5.39 Å². The van der Waals surface area contributed by atoms with Crippen molar-refractivity contribution in [3.05, 3.63) is 57.2 Å². The molecule has 0 bridgehead atoms. The Balaban J connectivity index is 1.72. The summed E-state index contributed by atoms with van der Waals surface area (Å²) in [7, 11) is 1.58. The smallest absolute Gasteiger partial charge is 0.256 e. The lowest BCUT2D eigenvalue weighted by Gasteiger charge is -2.08. The number of rotatable bonds is 6. The van der Waals surface area contributed by atoms with Gasteiger partial charge in [0, 0.05) is 24.1 Å². The zero-order valence-corrected chi connectivity index (χ0v) is 15.9. The molecule has 2 heterocycles. The van der Waals surface area contributed by atoms with E-state index in [4.69, 9.17) is 9.26 Å². The molecule has 1 amide bonds. The first-order valence-electron chi connectivity index (χ1n) is 8.85. The van der Waals surface area contributed by atoms with Gasteiger partial charge in [-0.1, -0.05) is 19.0 Å². The molecule has 7 nitrogen and oxygen atoms in total. The highest BCUT2D eigenvalue weighted by molar-refractivity contribution is 5.96. The molecule has 27 heavy (non-hydrogen) atoms. The van der Waals surface area contributed by atoms with Gasteiger partial charge in [0.05, 0.1) is 18.3 Å². The number of hydrogen-bond acceptors (Lipinski definition) is 5. The van der Waals surface area contributed by atoms with E-state index in [0.29, 0.717) is 46.8 Å². The van der Waals surface area contributed by atoms with Crippen LogP contribution in [0.4, 0.5) is 0 Å². The number of pyridine rings is 1. The minimum atomic E-state index is -0.237. The average Bonchev–Trinajstić information content (AvgIpc) is 3.03. The number of amides is 1. The Kier molecular flexibility index (Phi) is 5.30. The molecule has 142 valence electrons. The Bertz CT molecular complexity index is 1030. The number of aryl methyl sites for hydroxylation is 1. The number of carbonyl (C=O) groups is 1. The third-order valence-corrected chi connectivity index (χ3v) is 4.45. The highest BCUT2D eigenvalue weighted by Crippen LogP contribution is 2.22. The first kappa shape index (κ1) is 18.7. The van der Waals surface area contributed by atoms with Crippen molar-refractivity contribution in [3.8, 4) is 5.75 Å². The quantitative estimate of drug-likeness (QED) is 0.696. The number of methoxy groups -OCH3 is 1. The van der Waals surface area contributed by atoms with Crippen LogP contribution in [0.25, 0.3) is 10.9 Å². The van der Waals surface area contributed by atoms with E-state index in [1.165, 1.54) is 0 Å². The largest absolute Gasteiger partial charge is 0.497 e. The molecule has 0 aliphatic heterocycles. The van der Waals surface area contributed by atoms with Crippen LogP contribution < -0.4 is 15.6 Å². The standard InChI is InChI=1S/C20H23N3O4/c1-11(2)18-17(12(3)23-27-18)20(25)21-8-7-14-9-13-5-6-15(26-4)10-16(13)22-19(14)24/h5-6,9-11H,7-8H2,1-4H3,(H,21,25)(H,22,24). The van der Waals surface area contributed by atoms with Crippen molar-refractivity contribution in [1.82, 2.24) is 15.5 Å². The lowest BCUT2D eigenvalue weighted by Crippen LogP contribution is -2.28. The van der Waals surface area contributed by atoms with Gasteiger partial charge in [-0.15, -0.1) is 0 Å². The van der Waals surface area contributed by atoms with Crippen LogP contribution in [0.15, 0.2) is 33.6 Å². The van der Waals surface area contributed by atoms with E-state index in [-0.39, 0.29) is 17.4 Å². The number of aromatic nitrogens is 2. The molecule has 2 N–H and O–H groups in total. The van der Waals surface area contributed by atoms with Crippen molar-refractivity contribution in [2.45, 2.75) is 33.1 Å². The van der Waals surface area contributed by atoms with Crippen LogP contribution in [-0.4, -0.2) is 29.7 Å². The molecule has 0 saturated heterocycles. The van der Waals surface area contributed by atoms with Crippen LogP contribution in [0.1, 0.15) is 47.1 Å². The summed E-state index contributed by atoms with van der Waals surface area (Å²) in [4.78, 5) is 27.7. The number of hydrogen-bond donors (Lipinski definition) is 2. The fourth-order valence-electron chi connectivity index (χ4n) is 2.99. The lowest BCUT2D eigenvalue weighted by molar-refractivity contribution is 0.0951. The van der Waals surface area contributed by atoms with Crippen molar-refractivity contribution in [2.24, 2.45) is 0 Å². The monoisotopic (exact) mass is 369 g/mol. The van der Waals surface area contributed by atoms with E-state index in [1.807, 2.05) is 32.0 Å². The Hall–Kier alpha value is -3.09. The van der Waals surface area contributed by atoms with E-state index < -0.39 is 0 Å². The molecule has 0 radical (unpaired) electrons. The maximum atomic E-state index is 12.5. The predicted octanol–water partition coefficient (Wildman–Crippen LogP) is 2.93. The lowest BCUT2D eigenvalue weighted by atomic mass is 10.0. The highest BCUT2D eigenvalue weighted by Gasteiger charge is 2.22. The van der Waals surface area contributed by atoms with Crippen molar-refractivity contribution >= 4 is 16.8 Å². The van der Waals surface area contributed by atoms with E-state index in [9.17, 15) is 9.59 Å². The Morgan fingerprint density at radius 2 is 2.11 bits per heavy atom. The average molecular weight is 369 g/mol. The molecule has 3 rings (SSSR count). The maximum Gasteiger partial charge on any atom is 0.256 e. The molecule has 0 atom stereocenters. The summed E-state index contributed by atoms with van der Waals surface area (Å²) >= 11 is 0. The van der Waals surface area contributed by atoms with Crippen LogP contribution in [0, 0.1) is 6.92 Å². The van der Waals surface area contributed by atoms with E-state index in [1.54, 1.807) is 20.1 Å². The third-order valence-electron chi connectivity index (χ3n) is 4.45. The van der Waals surface area contributed by atoms with Crippen LogP contribution in [0.3, 0.4) is 0 Å². The summed E-state index contributed by atoms with van der Waals surface area (Å²) in [5.41, 5.74) is 2.19. The second-order valence-electron chi connectivity index (χ2n) is 6.74. The summed E-state index contributed by atoms with van der Waals surface area (Å²) in [5.74, 6) is 1.08. The normalized spacial score (nSPS) is 11.1. The van der Waals surface area contributed by atoms with Gasteiger partial charge < -0.3 is 19.6 Å². The number of ether oxygens (including phenoxy) is 1. The van der Waals surface area contributed by atoms with Crippen LogP contribution in [-0.2, 0) is 6.42 Å². The van der Waals surface area contributed by atoms with Gasteiger partial charge in [-0.25, -0.2) is 0 Å². The van der Waals surface area contributed by atoms with Gasteiger partial charge in [-0.05, 0) is 36.9 Å². The van der Waals surface area contributed by atoms with Gasteiger partial charge in [0.15, 0.2) is 5.76 Å². The maximum absolute atomic E-state index is 12.5. The summed E-state index contributed by atoms with van der Waals surface area (Å²) in [6.07, 6.45) is 0.421. The summed E-state index contributed by atoms with van der Waals surface area (Å²) in [6.45, 7) is 5.97. The fourth-order valence-corrected chi connectivity index (χ4v) is 2.99. The molecule has 2 aromatic heterocycles. The SMILES string of the molecule is COc1ccc2cc(CCNC(=O)c3c(C)noc3C(C)C)c(=O)[nH]c2c1. The number of nitrogens with one attached hydrogen (secondary N) is 2. The van der Waals surface area contributed by atoms with Gasteiger partial charge in [0.25, 0.3) is 11.5 Å². The van der Waals surface area contributed by atoms with Crippen molar-refractivity contribution < 1.29 is 14.1 Å². The van der Waals surface area contributed by atoms with Crippen molar-refractivity contribution in [2.75, 3.05) is 13.7 Å². The minimum Gasteiger partial charge on any atom is -0.497 e. The van der Waals surface area contributed by atoms with Gasteiger partial charge in [-0.3, -0.25) is 9.59 Å². The second-order valence-corrected chi connectivity index (χ2v) is 6.74. The van der Waals surface area contributed by atoms with Crippen molar-refractivity contribution in [3.63, 3.8) is 0 Å².